The van der Waals surface area contributed by atoms with Crippen LogP contribution in [0.25, 0.3) is 17.1 Å². The van der Waals surface area contributed by atoms with Gasteiger partial charge in [-0.2, -0.15) is 4.98 Å². The summed E-state index contributed by atoms with van der Waals surface area (Å²) in [5, 5.41) is 7.42. The first-order valence-corrected chi connectivity index (χ1v) is 10.7. The van der Waals surface area contributed by atoms with Crippen molar-refractivity contribution in [2.45, 2.75) is 13.8 Å². The smallest absolute Gasteiger partial charge is 0.336 e. The Morgan fingerprint density at radius 1 is 1.06 bits per heavy atom. The maximum absolute atomic E-state index is 12.5. The van der Waals surface area contributed by atoms with Crippen molar-refractivity contribution in [2.24, 2.45) is 0 Å². The Kier molecular flexibility index (Phi) is 6.13. The van der Waals surface area contributed by atoms with Crippen molar-refractivity contribution in [3.63, 3.8) is 0 Å². The Bertz CT molecular complexity index is 1200. The van der Waals surface area contributed by atoms with Gasteiger partial charge in [-0.25, -0.2) is 4.68 Å². The van der Waals surface area contributed by atoms with E-state index in [4.69, 9.17) is 4.74 Å². The highest BCUT2D eigenvalue weighted by Gasteiger charge is 2.15. The van der Waals surface area contributed by atoms with Crippen LogP contribution in [0, 0.1) is 6.92 Å². The van der Waals surface area contributed by atoms with Crippen molar-refractivity contribution in [3.8, 4) is 23.1 Å². The number of carbonyl (C=O) groups is 1. The van der Waals surface area contributed by atoms with E-state index in [9.17, 15) is 4.79 Å². The van der Waals surface area contributed by atoms with E-state index in [-0.39, 0.29) is 5.91 Å². The highest BCUT2D eigenvalue weighted by atomic mass is 79.9. The number of amides is 1. The number of ether oxygens (including phenoxy) is 1. The standard InChI is InChI=1S/C24H21BrN4O2/c1-3-31-24-27-22(17-9-7-16(2)8-10-17)29(28-24)21-13-11-20(12-14-21)26-23(30)18-5-4-6-19(25)15-18/h4-15H,3H2,1-2H3,(H,26,30). The molecule has 0 aliphatic rings. The zero-order valence-electron chi connectivity index (χ0n) is 17.2. The monoisotopic (exact) mass is 476 g/mol. The van der Waals surface area contributed by atoms with Crippen molar-refractivity contribution in [1.82, 2.24) is 14.8 Å². The van der Waals surface area contributed by atoms with E-state index >= 15 is 0 Å². The molecule has 6 nitrogen and oxygen atoms in total. The van der Waals surface area contributed by atoms with Gasteiger partial charge in [-0.05, 0) is 56.3 Å². The largest absolute Gasteiger partial charge is 0.463 e. The molecule has 3 aromatic carbocycles. The van der Waals surface area contributed by atoms with Gasteiger partial charge >= 0.3 is 6.01 Å². The molecule has 0 unspecified atom stereocenters. The predicted molar refractivity (Wildman–Crippen MR) is 125 cm³/mol. The highest BCUT2D eigenvalue weighted by Crippen LogP contribution is 2.25. The first-order chi connectivity index (χ1) is 15.0. The Morgan fingerprint density at radius 2 is 1.81 bits per heavy atom. The third-order valence-electron chi connectivity index (χ3n) is 4.63. The molecule has 0 bridgehead atoms. The summed E-state index contributed by atoms with van der Waals surface area (Å²) in [7, 11) is 0. The van der Waals surface area contributed by atoms with E-state index in [1.165, 1.54) is 5.56 Å². The van der Waals surface area contributed by atoms with Gasteiger partial charge in [0.15, 0.2) is 5.82 Å². The molecule has 4 aromatic rings. The summed E-state index contributed by atoms with van der Waals surface area (Å²) in [5.41, 5.74) is 4.20. The number of halogens is 1. The van der Waals surface area contributed by atoms with Crippen LogP contribution in [0.2, 0.25) is 0 Å². The third-order valence-corrected chi connectivity index (χ3v) is 5.12. The lowest BCUT2D eigenvalue weighted by Gasteiger charge is -2.09. The zero-order chi connectivity index (χ0) is 21.8. The van der Waals surface area contributed by atoms with Crippen LogP contribution in [0.3, 0.4) is 0 Å². The number of hydrogen-bond donors (Lipinski definition) is 1. The molecule has 0 saturated heterocycles. The SMILES string of the molecule is CCOc1nc(-c2ccc(C)cc2)n(-c2ccc(NC(=O)c3cccc(Br)c3)cc2)n1. The molecule has 4 rings (SSSR count). The van der Waals surface area contributed by atoms with Gasteiger partial charge in [-0.1, -0.05) is 51.8 Å². The molecule has 156 valence electrons. The van der Waals surface area contributed by atoms with Gasteiger partial charge in [0.05, 0.1) is 12.3 Å². The number of hydrogen-bond acceptors (Lipinski definition) is 4. The van der Waals surface area contributed by atoms with Crippen molar-refractivity contribution in [1.29, 1.82) is 0 Å². The Morgan fingerprint density at radius 3 is 2.48 bits per heavy atom. The van der Waals surface area contributed by atoms with Crippen LogP contribution in [0.1, 0.15) is 22.8 Å². The minimum atomic E-state index is -0.172. The predicted octanol–water partition coefficient (Wildman–Crippen LogP) is 5.66. The van der Waals surface area contributed by atoms with Crippen molar-refractivity contribution >= 4 is 27.5 Å². The van der Waals surface area contributed by atoms with Crippen LogP contribution in [-0.2, 0) is 0 Å². The molecule has 31 heavy (non-hydrogen) atoms. The second kappa shape index (κ2) is 9.14. The summed E-state index contributed by atoms with van der Waals surface area (Å²) >= 11 is 3.39. The second-order valence-electron chi connectivity index (χ2n) is 6.94. The maximum Gasteiger partial charge on any atom is 0.336 e. The highest BCUT2D eigenvalue weighted by molar-refractivity contribution is 9.10. The molecule has 0 aliphatic heterocycles. The van der Waals surface area contributed by atoms with E-state index in [0.717, 1.165) is 15.7 Å². The van der Waals surface area contributed by atoms with Crippen LogP contribution in [0.15, 0.2) is 77.3 Å². The minimum Gasteiger partial charge on any atom is -0.463 e. The Labute approximate surface area is 189 Å². The van der Waals surface area contributed by atoms with Crippen molar-refractivity contribution < 1.29 is 9.53 Å². The fraction of sp³-hybridized carbons (Fsp3) is 0.125. The summed E-state index contributed by atoms with van der Waals surface area (Å²) in [6.07, 6.45) is 0. The normalized spacial score (nSPS) is 10.7. The molecule has 0 saturated carbocycles. The van der Waals surface area contributed by atoms with Gasteiger partial charge in [0, 0.05) is 21.3 Å². The summed E-state index contributed by atoms with van der Waals surface area (Å²) in [4.78, 5) is 17.0. The number of aromatic nitrogens is 3. The van der Waals surface area contributed by atoms with E-state index in [1.807, 2.05) is 74.5 Å². The maximum atomic E-state index is 12.5. The molecule has 0 fully saturated rings. The first-order valence-electron chi connectivity index (χ1n) is 9.88. The molecule has 1 aromatic heterocycles. The van der Waals surface area contributed by atoms with Gasteiger partial charge in [0.25, 0.3) is 5.91 Å². The topological polar surface area (TPSA) is 69.0 Å². The van der Waals surface area contributed by atoms with Gasteiger partial charge in [-0.15, -0.1) is 5.10 Å². The molecular formula is C24H21BrN4O2. The summed E-state index contributed by atoms with van der Waals surface area (Å²) in [5.74, 6) is 0.517. The fourth-order valence-electron chi connectivity index (χ4n) is 3.07. The van der Waals surface area contributed by atoms with Crippen molar-refractivity contribution in [2.75, 3.05) is 11.9 Å². The number of anilines is 1. The third kappa shape index (κ3) is 4.83. The number of benzene rings is 3. The van der Waals surface area contributed by atoms with Crippen LogP contribution in [0.4, 0.5) is 5.69 Å². The molecular weight excluding hydrogens is 456 g/mol. The van der Waals surface area contributed by atoms with E-state index in [2.05, 4.69) is 31.3 Å². The second-order valence-corrected chi connectivity index (χ2v) is 7.86. The van der Waals surface area contributed by atoms with Crippen molar-refractivity contribution in [3.05, 3.63) is 88.4 Å². The minimum absolute atomic E-state index is 0.172. The molecule has 0 aliphatic carbocycles. The number of rotatable bonds is 6. The number of aryl methyl sites for hydroxylation is 1. The molecule has 1 amide bonds. The molecule has 0 spiro atoms. The van der Waals surface area contributed by atoms with Crippen LogP contribution >= 0.6 is 15.9 Å². The number of nitrogens with one attached hydrogen (secondary N) is 1. The first kappa shape index (κ1) is 20.8. The quantitative estimate of drug-likeness (QED) is 0.389. The Balaban J connectivity index is 1.61. The average molecular weight is 477 g/mol. The fourth-order valence-corrected chi connectivity index (χ4v) is 3.47. The zero-order valence-corrected chi connectivity index (χ0v) is 18.8. The summed E-state index contributed by atoms with van der Waals surface area (Å²) in [6.45, 7) is 4.42. The average Bonchev–Trinajstić information content (AvgIpc) is 3.19. The van der Waals surface area contributed by atoms with Gasteiger partial charge < -0.3 is 10.1 Å². The van der Waals surface area contributed by atoms with E-state index in [1.54, 1.807) is 16.8 Å². The number of carbonyl (C=O) groups excluding carboxylic acids is 1. The van der Waals surface area contributed by atoms with Crippen LogP contribution in [-0.4, -0.2) is 27.3 Å². The van der Waals surface area contributed by atoms with Crippen LogP contribution < -0.4 is 10.1 Å². The van der Waals surface area contributed by atoms with Gasteiger partial charge in [0.1, 0.15) is 0 Å². The molecule has 1 heterocycles. The van der Waals surface area contributed by atoms with E-state index in [0.29, 0.717) is 29.7 Å². The van der Waals surface area contributed by atoms with Crippen LogP contribution in [0.5, 0.6) is 6.01 Å². The molecule has 0 atom stereocenters. The lowest BCUT2D eigenvalue weighted by Crippen LogP contribution is -2.11. The Hall–Kier alpha value is -3.45. The molecule has 7 heteroatoms. The molecule has 0 radical (unpaired) electrons. The summed E-state index contributed by atoms with van der Waals surface area (Å²) in [6, 6.07) is 23.1. The number of nitrogens with zero attached hydrogens (tertiary/aromatic N) is 3. The molecule has 1 N–H and O–H groups in total. The lowest BCUT2D eigenvalue weighted by atomic mass is 10.1. The summed E-state index contributed by atoms with van der Waals surface area (Å²) < 4.78 is 8.13. The van der Waals surface area contributed by atoms with Gasteiger partial charge in [-0.3, -0.25) is 4.79 Å². The lowest BCUT2D eigenvalue weighted by molar-refractivity contribution is 0.102. The van der Waals surface area contributed by atoms with E-state index < -0.39 is 0 Å². The van der Waals surface area contributed by atoms with Gasteiger partial charge in [0.2, 0.25) is 0 Å².